The Kier molecular flexibility index (Phi) is 3.29. The molecule has 0 amide bonds. The molecule has 4 nitrogen and oxygen atoms in total. The lowest BCUT2D eigenvalue weighted by Gasteiger charge is -2.08. The quantitative estimate of drug-likeness (QED) is 0.699. The van der Waals surface area contributed by atoms with E-state index in [0.717, 1.165) is 11.1 Å². The van der Waals surface area contributed by atoms with Crippen LogP contribution in [0.15, 0.2) is 39.6 Å². The molecule has 21 heavy (non-hydrogen) atoms. The van der Waals surface area contributed by atoms with E-state index in [1.807, 2.05) is 32.0 Å². The van der Waals surface area contributed by atoms with Gasteiger partial charge in [0.1, 0.15) is 0 Å². The zero-order valence-corrected chi connectivity index (χ0v) is 13.2. The van der Waals surface area contributed by atoms with Gasteiger partial charge in [-0.1, -0.05) is 23.8 Å². The van der Waals surface area contributed by atoms with E-state index in [4.69, 9.17) is 0 Å². The van der Waals surface area contributed by atoms with Gasteiger partial charge in [-0.15, -0.1) is 0 Å². The van der Waals surface area contributed by atoms with Gasteiger partial charge in [0, 0.05) is 15.6 Å². The molecule has 0 aliphatic rings. The standard InChI is InChI=1S/C16H13BrN2O2/c1-8-3-4-10(9(2)5-8)15(20)11-6-13-14(7-12(11)17)19-16(21)18-13/h3-7H,1-2H3,(H2,18,19,21). The first kappa shape index (κ1) is 13.8. The number of imidazole rings is 1. The largest absolute Gasteiger partial charge is 0.323 e. The summed E-state index contributed by atoms with van der Waals surface area (Å²) in [5, 5.41) is 0. The molecule has 0 saturated carbocycles. The van der Waals surface area contributed by atoms with Crippen LogP contribution in [0.3, 0.4) is 0 Å². The van der Waals surface area contributed by atoms with E-state index in [-0.39, 0.29) is 11.5 Å². The molecule has 1 aromatic heterocycles. The van der Waals surface area contributed by atoms with Crippen LogP contribution in [-0.2, 0) is 0 Å². The van der Waals surface area contributed by atoms with Gasteiger partial charge in [-0.3, -0.25) is 4.79 Å². The number of hydrogen-bond donors (Lipinski definition) is 2. The van der Waals surface area contributed by atoms with Crippen molar-refractivity contribution in [3.8, 4) is 0 Å². The highest BCUT2D eigenvalue weighted by Gasteiger charge is 2.16. The molecule has 2 N–H and O–H groups in total. The number of carbonyl (C=O) groups is 1. The fraction of sp³-hybridized carbons (Fsp3) is 0.125. The second kappa shape index (κ2) is 5.00. The number of fused-ring (bicyclic) bond motifs is 1. The van der Waals surface area contributed by atoms with Gasteiger partial charge in [0.15, 0.2) is 5.78 Å². The van der Waals surface area contributed by atoms with Crippen molar-refractivity contribution >= 4 is 32.7 Å². The number of halogens is 1. The molecular weight excluding hydrogens is 332 g/mol. The molecule has 0 bridgehead atoms. The first-order valence-corrected chi connectivity index (χ1v) is 7.28. The lowest BCUT2D eigenvalue weighted by Crippen LogP contribution is -2.05. The van der Waals surface area contributed by atoms with Crippen molar-refractivity contribution in [1.29, 1.82) is 0 Å². The minimum atomic E-state index is -0.284. The molecule has 1 heterocycles. The molecule has 2 aromatic carbocycles. The van der Waals surface area contributed by atoms with E-state index in [9.17, 15) is 9.59 Å². The second-order valence-corrected chi connectivity index (χ2v) is 5.96. The van der Waals surface area contributed by atoms with Crippen molar-refractivity contribution in [3.63, 3.8) is 0 Å². The van der Waals surface area contributed by atoms with Gasteiger partial charge in [0.2, 0.25) is 0 Å². The molecular formula is C16H13BrN2O2. The van der Waals surface area contributed by atoms with Crippen molar-refractivity contribution in [2.24, 2.45) is 0 Å². The Morgan fingerprint density at radius 2 is 1.67 bits per heavy atom. The fourth-order valence-corrected chi connectivity index (χ4v) is 2.97. The predicted octanol–water partition coefficient (Wildman–Crippen LogP) is 3.47. The molecule has 5 heteroatoms. The molecule has 0 unspecified atom stereocenters. The Morgan fingerprint density at radius 1 is 1.00 bits per heavy atom. The minimum Gasteiger partial charge on any atom is -0.306 e. The van der Waals surface area contributed by atoms with Crippen LogP contribution in [0.1, 0.15) is 27.0 Å². The Labute approximate surface area is 129 Å². The van der Waals surface area contributed by atoms with Crippen molar-refractivity contribution in [3.05, 3.63) is 67.5 Å². The number of aryl methyl sites for hydroxylation is 2. The highest BCUT2D eigenvalue weighted by molar-refractivity contribution is 9.10. The van der Waals surface area contributed by atoms with Gasteiger partial charge < -0.3 is 9.97 Å². The Morgan fingerprint density at radius 3 is 2.33 bits per heavy atom. The minimum absolute atomic E-state index is 0.0664. The van der Waals surface area contributed by atoms with Crippen LogP contribution in [0.25, 0.3) is 11.0 Å². The van der Waals surface area contributed by atoms with Crippen LogP contribution in [0.5, 0.6) is 0 Å². The van der Waals surface area contributed by atoms with Crippen molar-refractivity contribution in [1.82, 2.24) is 9.97 Å². The van der Waals surface area contributed by atoms with Crippen LogP contribution in [0, 0.1) is 13.8 Å². The lowest BCUT2D eigenvalue weighted by molar-refractivity contribution is 0.103. The maximum Gasteiger partial charge on any atom is 0.323 e. The van der Waals surface area contributed by atoms with Crippen LogP contribution >= 0.6 is 15.9 Å². The molecule has 0 fully saturated rings. The molecule has 3 aromatic rings. The summed E-state index contributed by atoms with van der Waals surface area (Å²) in [7, 11) is 0. The number of rotatable bonds is 2. The zero-order valence-electron chi connectivity index (χ0n) is 11.6. The second-order valence-electron chi connectivity index (χ2n) is 5.10. The number of aromatic amines is 2. The summed E-state index contributed by atoms with van der Waals surface area (Å²) >= 11 is 3.41. The number of hydrogen-bond acceptors (Lipinski definition) is 2. The predicted molar refractivity (Wildman–Crippen MR) is 86.0 cm³/mol. The number of benzene rings is 2. The molecule has 0 aliphatic heterocycles. The highest BCUT2D eigenvalue weighted by atomic mass is 79.9. The maximum atomic E-state index is 12.7. The maximum absolute atomic E-state index is 12.7. The Bertz CT molecular complexity index is 922. The monoisotopic (exact) mass is 344 g/mol. The summed E-state index contributed by atoms with van der Waals surface area (Å²) < 4.78 is 0.662. The SMILES string of the molecule is Cc1ccc(C(=O)c2cc3[nH]c(=O)[nH]c3cc2Br)c(C)c1. The Balaban J connectivity index is 2.16. The topological polar surface area (TPSA) is 65.7 Å². The molecule has 0 aliphatic carbocycles. The van der Waals surface area contributed by atoms with Gasteiger partial charge in [-0.05, 0) is 47.5 Å². The van der Waals surface area contributed by atoms with E-state index in [1.54, 1.807) is 12.1 Å². The summed E-state index contributed by atoms with van der Waals surface area (Å²) in [6, 6.07) is 9.18. The molecule has 0 saturated heterocycles. The van der Waals surface area contributed by atoms with Gasteiger partial charge in [0.05, 0.1) is 11.0 Å². The third-order valence-electron chi connectivity index (χ3n) is 3.47. The summed E-state index contributed by atoms with van der Waals surface area (Å²) in [6.45, 7) is 3.92. The number of nitrogens with one attached hydrogen (secondary N) is 2. The normalized spacial score (nSPS) is 11.0. The average molecular weight is 345 g/mol. The van der Waals surface area contributed by atoms with E-state index in [0.29, 0.717) is 26.6 Å². The first-order valence-electron chi connectivity index (χ1n) is 6.49. The van der Waals surface area contributed by atoms with Crippen LogP contribution in [0.4, 0.5) is 0 Å². The third kappa shape index (κ3) is 2.45. The lowest BCUT2D eigenvalue weighted by atomic mass is 9.97. The van der Waals surface area contributed by atoms with E-state index in [2.05, 4.69) is 25.9 Å². The first-order chi connectivity index (χ1) is 9.95. The molecule has 0 atom stereocenters. The highest BCUT2D eigenvalue weighted by Crippen LogP contribution is 2.25. The van der Waals surface area contributed by atoms with Gasteiger partial charge in [0.25, 0.3) is 0 Å². The zero-order chi connectivity index (χ0) is 15.1. The van der Waals surface area contributed by atoms with Crippen molar-refractivity contribution in [2.45, 2.75) is 13.8 Å². The molecule has 106 valence electrons. The summed E-state index contributed by atoms with van der Waals surface area (Å²) in [5.74, 6) is -0.0664. The van der Waals surface area contributed by atoms with Gasteiger partial charge in [-0.25, -0.2) is 4.79 Å². The average Bonchev–Trinajstić information content (AvgIpc) is 2.76. The van der Waals surface area contributed by atoms with Crippen LogP contribution < -0.4 is 5.69 Å². The third-order valence-corrected chi connectivity index (χ3v) is 4.13. The summed E-state index contributed by atoms with van der Waals surface area (Å²) in [6.07, 6.45) is 0. The fourth-order valence-electron chi connectivity index (χ4n) is 2.44. The number of carbonyl (C=O) groups excluding carboxylic acids is 1. The molecule has 3 rings (SSSR count). The van der Waals surface area contributed by atoms with Crippen molar-refractivity contribution < 1.29 is 4.79 Å². The number of aromatic nitrogens is 2. The van der Waals surface area contributed by atoms with Crippen LogP contribution in [-0.4, -0.2) is 15.8 Å². The summed E-state index contributed by atoms with van der Waals surface area (Å²) in [5.41, 5.74) is 4.26. The van der Waals surface area contributed by atoms with E-state index >= 15 is 0 Å². The van der Waals surface area contributed by atoms with Crippen molar-refractivity contribution in [2.75, 3.05) is 0 Å². The number of H-pyrrole nitrogens is 2. The van der Waals surface area contributed by atoms with Gasteiger partial charge >= 0.3 is 5.69 Å². The van der Waals surface area contributed by atoms with E-state index in [1.165, 1.54) is 0 Å². The van der Waals surface area contributed by atoms with Crippen LogP contribution in [0.2, 0.25) is 0 Å². The molecule has 0 spiro atoms. The summed E-state index contributed by atoms with van der Waals surface area (Å²) in [4.78, 5) is 29.4. The number of ketones is 1. The van der Waals surface area contributed by atoms with E-state index < -0.39 is 0 Å². The Hall–Kier alpha value is -2.14. The van der Waals surface area contributed by atoms with Gasteiger partial charge in [-0.2, -0.15) is 0 Å². The molecule has 0 radical (unpaired) electrons. The smallest absolute Gasteiger partial charge is 0.306 e.